The van der Waals surface area contributed by atoms with Gasteiger partial charge in [0, 0.05) is 17.8 Å². The molecule has 4 rings (SSSR count). The van der Waals surface area contributed by atoms with Crippen molar-refractivity contribution in [1.29, 1.82) is 0 Å². The first-order valence-electron chi connectivity index (χ1n) is 10.5. The molecule has 174 valence electrons. The summed E-state index contributed by atoms with van der Waals surface area (Å²) in [5, 5.41) is 2.75. The van der Waals surface area contributed by atoms with Crippen molar-refractivity contribution in [3.8, 4) is 11.5 Å². The summed E-state index contributed by atoms with van der Waals surface area (Å²) in [6, 6.07) is 22.3. The SMILES string of the molecule is CCN(c1ccccc1)S(=O)(=O)c1cc(NC(=O)c2nc(-c3ccccc3)oc2C)ccc1Cl. The molecule has 0 aliphatic carbocycles. The summed E-state index contributed by atoms with van der Waals surface area (Å²) in [5.41, 5.74) is 1.63. The van der Waals surface area contributed by atoms with Gasteiger partial charge in [-0.3, -0.25) is 9.10 Å². The van der Waals surface area contributed by atoms with Crippen LogP contribution in [0.3, 0.4) is 0 Å². The molecule has 1 heterocycles. The highest BCUT2D eigenvalue weighted by Gasteiger charge is 2.27. The molecular weight excluding hydrogens is 474 g/mol. The van der Waals surface area contributed by atoms with Gasteiger partial charge < -0.3 is 9.73 Å². The fourth-order valence-corrected chi connectivity index (χ4v) is 5.46. The largest absolute Gasteiger partial charge is 0.441 e. The van der Waals surface area contributed by atoms with Crippen molar-refractivity contribution in [2.45, 2.75) is 18.7 Å². The molecule has 1 N–H and O–H groups in total. The third-order valence-electron chi connectivity index (χ3n) is 5.12. The van der Waals surface area contributed by atoms with Crippen molar-refractivity contribution in [3.05, 3.63) is 95.3 Å². The molecule has 4 aromatic rings. The van der Waals surface area contributed by atoms with Crippen LogP contribution in [-0.2, 0) is 10.0 Å². The maximum absolute atomic E-state index is 13.4. The normalized spacial score (nSPS) is 11.3. The number of nitrogens with zero attached hydrogens (tertiary/aromatic N) is 2. The highest BCUT2D eigenvalue weighted by molar-refractivity contribution is 7.93. The van der Waals surface area contributed by atoms with Gasteiger partial charge in [-0.05, 0) is 56.3 Å². The van der Waals surface area contributed by atoms with Gasteiger partial charge in [0.25, 0.3) is 15.9 Å². The standard InChI is InChI=1S/C25H22ClN3O4S/c1-3-29(20-12-8-5-9-13-20)34(31,32)22-16-19(14-15-21(22)26)27-24(30)23-17(2)33-25(28-23)18-10-6-4-7-11-18/h4-16H,3H2,1-2H3,(H,27,30). The molecule has 0 saturated carbocycles. The zero-order chi connectivity index (χ0) is 24.3. The summed E-state index contributed by atoms with van der Waals surface area (Å²) < 4.78 is 33.7. The number of hydrogen-bond donors (Lipinski definition) is 1. The summed E-state index contributed by atoms with van der Waals surface area (Å²) in [6.07, 6.45) is 0. The number of oxazole rings is 1. The lowest BCUT2D eigenvalue weighted by atomic mass is 10.2. The minimum atomic E-state index is -3.98. The minimum absolute atomic E-state index is 0.0522. The van der Waals surface area contributed by atoms with Crippen molar-refractivity contribution >= 4 is 38.9 Å². The van der Waals surface area contributed by atoms with E-state index in [1.54, 1.807) is 38.1 Å². The lowest BCUT2D eigenvalue weighted by Gasteiger charge is -2.23. The van der Waals surface area contributed by atoms with Crippen LogP contribution in [0.2, 0.25) is 5.02 Å². The molecule has 0 radical (unpaired) electrons. The number of halogens is 1. The average molecular weight is 496 g/mol. The van der Waals surface area contributed by atoms with Crippen LogP contribution < -0.4 is 9.62 Å². The van der Waals surface area contributed by atoms with Gasteiger partial charge in [0.1, 0.15) is 10.7 Å². The van der Waals surface area contributed by atoms with E-state index in [1.807, 2.05) is 36.4 Å². The van der Waals surface area contributed by atoms with E-state index >= 15 is 0 Å². The van der Waals surface area contributed by atoms with Crippen LogP contribution in [0, 0.1) is 6.92 Å². The number of aromatic nitrogens is 1. The van der Waals surface area contributed by atoms with Crippen LogP contribution in [0.5, 0.6) is 0 Å². The van der Waals surface area contributed by atoms with Crippen LogP contribution in [0.1, 0.15) is 23.2 Å². The Hall–Kier alpha value is -3.62. The van der Waals surface area contributed by atoms with E-state index < -0.39 is 15.9 Å². The Labute approximate surface area is 203 Å². The molecule has 1 amide bonds. The van der Waals surface area contributed by atoms with E-state index in [1.165, 1.54) is 22.5 Å². The lowest BCUT2D eigenvalue weighted by Crippen LogP contribution is -2.31. The van der Waals surface area contributed by atoms with Gasteiger partial charge in [-0.1, -0.05) is 48.0 Å². The number of para-hydroxylation sites is 1. The maximum atomic E-state index is 13.4. The zero-order valence-electron chi connectivity index (χ0n) is 18.5. The number of carbonyl (C=O) groups is 1. The second-order valence-electron chi connectivity index (χ2n) is 7.39. The number of carbonyl (C=O) groups excluding carboxylic acids is 1. The quantitative estimate of drug-likeness (QED) is 0.351. The number of hydrogen-bond acceptors (Lipinski definition) is 5. The molecule has 34 heavy (non-hydrogen) atoms. The van der Waals surface area contributed by atoms with Crippen LogP contribution >= 0.6 is 11.6 Å². The van der Waals surface area contributed by atoms with Gasteiger partial charge in [0.2, 0.25) is 5.89 Å². The topological polar surface area (TPSA) is 92.5 Å². The highest BCUT2D eigenvalue weighted by Crippen LogP contribution is 2.31. The molecule has 0 unspecified atom stereocenters. The Morgan fingerprint density at radius 2 is 1.68 bits per heavy atom. The Bertz CT molecular complexity index is 1420. The van der Waals surface area contributed by atoms with Gasteiger partial charge in [-0.15, -0.1) is 0 Å². The van der Waals surface area contributed by atoms with E-state index in [0.29, 0.717) is 17.3 Å². The summed E-state index contributed by atoms with van der Waals surface area (Å²) in [5.74, 6) is 0.146. The Morgan fingerprint density at radius 3 is 2.32 bits per heavy atom. The maximum Gasteiger partial charge on any atom is 0.277 e. The first-order chi connectivity index (χ1) is 16.3. The van der Waals surface area contributed by atoms with Crippen LogP contribution in [0.4, 0.5) is 11.4 Å². The minimum Gasteiger partial charge on any atom is -0.441 e. The molecule has 1 aromatic heterocycles. The predicted molar refractivity (Wildman–Crippen MR) is 133 cm³/mol. The molecule has 0 saturated heterocycles. The number of benzene rings is 3. The number of aryl methyl sites for hydroxylation is 1. The van der Waals surface area contributed by atoms with E-state index in [2.05, 4.69) is 10.3 Å². The summed E-state index contributed by atoms with van der Waals surface area (Å²) in [7, 11) is -3.98. The molecule has 9 heteroatoms. The third-order valence-corrected chi connectivity index (χ3v) is 7.51. The molecule has 0 spiro atoms. The summed E-state index contributed by atoms with van der Waals surface area (Å²) >= 11 is 6.27. The van der Waals surface area contributed by atoms with Crippen molar-refractivity contribution in [1.82, 2.24) is 4.98 Å². The fraction of sp³-hybridized carbons (Fsp3) is 0.120. The second-order valence-corrected chi connectivity index (χ2v) is 9.63. The molecule has 3 aromatic carbocycles. The number of amides is 1. The Balaban J connectivity index is 1.63. The van der Waals surface area contributed by atoms with Gasteiger partial charge in [0.05, 0.1) is 10.7 Å². The van der Waals surface area contributed by atoms with Gasteiger partial charge in [-0.2, -0.15) is 0 Å². The van der Waals surface area contributed by atoms with E-state index in [0.717, 1.165) is 5.56 Å². The first-order valence-corrected chi connectivity index (χ1v) is 12.3. The van der Waals surface area contributed by atoms with E-state index in [4.69, 9.17) is 16.0 Å². The van der Waals surface area contributed by atoms with Gasteiger partial charge in [0.15, 0.2) is 5.69 Å². The van der Waals surface area contributed by atoms with Crippen molar-refractivity contribution < 1.29 is 17.6 Å². The smallest absolute Gasteiger partial charge is 0.277 e. The van der Waals surface area contributed by atoms with E-state index in [-0.39, 0.29) is 27.8 Å². The Morgan fingerprint density at radius 1 is 1.03 bits per heavy atom. The zero-order valence-corrected chi connectivity index (χ0v) is 20.1. The van der Waals surface area contributed by atoms with Crippen molar-refractivity contribution in [2.24, 2.45) is 0 Å². The lowest BCUT2D eigenvalue weighted by molar-refractivity contribution is 0.102. The van der Waals surface area contributed by atoms with Crippen LogP contribution in [0.15, 0.2) is 88.2 Å². The molecule has 0 atom stereocenters. The van der Waals surface area contributed by atoms with Crippen LogP contribution in [0.25, 0.3) is 11.5 Å². The molecule has 0 bridgehead atoms. The monoisotopic (exact) mass is 495 g/mol. The number of nitrogens with one attached hydrogen (secondary N) is 1. The molecular formula is C25H22ClN3O4S. The molecule has 0 aliphatic heterocycles. The average Bonchev–Trinajstić information content (AvgIpc) is 3.23. The highest BCUT2D eigenvalue weighted by atomic mass is 35.5. The number of sulfonamides is 1. The predicted octanol–water partition coefficient (Wildman–Crippen LogP) is 5.77. The van der Waals surface area contributed by atoms with Gasteiger partial charge >= 0.3 is 0 Å². The Kier molecular flexibility index (Phi) is 6.72. The first kappa shape index (κ1) is 23.5. The molecule has 0 aliphatic rings. The third kappa shape index (κ3) is 4.69. The second kappa shape index (κ2) is 9.70. The number of anilines is 2. The molecule has 7 nitrogen and oxygen atoms in total. The number of rotatable bonds is 7. The molecule has 0 fully saturated rings. The van der Waals surface area contributed by atoms with E-state index in [9.17, 15) is 13.2 Å². The summed E-state index contributed by atoms with van der Waals surface area (Å²) in [6.45, 7) is 3.59. The van der Waals surface area contributed by atoms with Gasteiger partial charge in [-0.25, -0.2) is 13.4 Å². The van der Waals surface area contributed by atoms with Crippen molar-refractivity contribution in [2.75, 3.05) is 16.2 Å². The van der Waals surface area contributed by atoms with Crippen LogP contribution in [-0.4, -0.2) is 25.9 Å². The summed E-state index contributed by atoms with van der Waals surface area (Å²) in [4.78, 5) is 17.1. The van der Waals surface area contributed by atoms with Crippen molar-refractivity contribution in [3.63, 3.8) is 0 Å². The fourth-order valence-electron chi connectivity index (χ4n) is 3.48.